The minimum absolute atomic E-state index is 0.0906. The molecule has 2 aromatic carbocycles. The van der Waals surface area contributed by atoms with E-state index in [2.05, 4.69) is 11.4 Å². The fourth-order valence-electron chi connectivity index (χ4n) is 2.23. The molecule has 22 heavy (non-hydrogen) atoms. The zero-order valence-corrected chi connectivity index (χ0v) is 13.0. The average molecular weight is 293 g/mol. The van der Waals surface area contributed by atoms with E-state index in [1.165, 1.54) is 12.5 Å². The number of benzene rings is 2. The molecule has 0 aliphatic heterocycles. The van der Waals surface area contributed by atoms with Crippen molar-refractivity contribution >= 4 is 23.5 Å². The van der Waals surface area contributed by atoms with Crippen LogP contribution in [0.4, 0.5) is 5.69 Å². The highest BCUT2D eigenvalue weighted by molar-refractivity contribution is 6.07. The summed E-state index contributed by atoms with van der Waals surface area (Å²) in [4.78, 5) is 23.3. The van der Waals surface area contributed by atoms with Gasteiger partial charge in [-0.15, -0.1) is 0 Å². The smallest absolute Gasteiger partial charge is 0.221 e. The molecule has 1 amide bonds. The standard InChI is InChI=1S/C19H19NO2/c1-13-7-8-16(14(2)11-13)9-10-19(22)17-5-4-6-18(12-17)20-15(3)21/h4-12H,1-3H3,(H,20,21)/b10-9+. The van der Waals surface area contributed by atoms with Gasteiger partial charge in [0.25, 0.3) is 0 Å². The third-order valence-electron chi connectivity index (χ3n) is 3.31. The molecule has 0 radical (unpaired) electrons. The lowest BCUT2D eigenvalue weighted by molar-refractivity contribution is -0.114. The molecule has 0 aliphatic carbocycles. The first-order valence-electron chi connectivity index (χ1n) is 7.13. The molecule has 3 nitrogen and oxygen atoms in total. The van der Waals surface area contributed by atoms with Gasteiger partial charge < -0.3 is 5.32 Å². The van der Waals surface area contributed by atoms with Crippen molar-refractivity contribution in [2.45, 2.75) is 20.8 Å². The number of hydrogen-bond donors (Lipinski definition) is 1. The number of carbonyl (C=O) groups is 2. The second-order valence-electron chi connectivity index (χ2n) is 5.32. The van der Waals surface area contributed by atoms with Crippen LogP contribution in [0.2, 0.25) is 0 Å². The fourth-order valence-corrected chi connectivity index (χ4v) is 2.23. The fraction of sp³-hybridized carbons (Fsp3) is 0.158. The zero-order valence-electron chi connectivity index (χ0n) is 13.0. The number of rotatable bonds is 4. The number of ketones is 1. The highest BCUT2D eigenvalue weighted by atomic mass is 16.1. The van der Waals surface area contributed by atoms with E-state index in [1.807, 2.05) is 32.1 Å². The van der Waals surface area contributed by atoms with Crippen LogP contribution in [0.3, 0.4) is 0 Å². The van der Waals surface area contributed by atoms with Gasteiger partial charge in [-0.05, 0) is 43.2 Å². The Morgan fingerprint density at radius 3 is 2.50 bits per heavy atom. The van der Waals surface area contributed by atoms with Crippen molar-refractivity contribution in [3.63, 3.8) is 0 Å². The van der Waals surface area contributed by atoms with Crippen LogP contribution < -0.4 is 5.32 Å². The summed E-state index contributed by atoms with van der Waals surface area (Å²) in [6.07, 6.45) is 3.38. The van der Waals surface area contributed by atoms with Gasteiger partial charge in [-0.1, -0.05) is 42.0 Å². The molecule has 0 bridgehead atoms. The SMILES string of the molecule is CC(=O)Nc1cccc(C(=O)/C=C/c2ccc(C)cc2C)c1. The first kappa shape index (κ1) is 15.7. The van der Waals surface area contributed by atoms with Gasteiger partial charge in [0.15, 0.2) is 5.78 Å². The summed E-state index contributed by atoms with van der Waals surface area (Å²) in [6, 6.07) is 13.0. The minimum Gasteiger partial charge on any atom is -0.326 e. The van der Waals surface area contributed by atoms with Gasteiger partial charge in [0, 0.05) is 18.2 Å². The Labute approximate surface area is 130 Å². The van der Waals surface area contributed by atoms with E-state index in [1.54, 1.807) is 30.3 Å². The number of nitrogens with one attached hydrogen (secondary N) is 1. The van der Waals surface area contributed by atoms with Gasteiger partial charge >= 0.3 is 0 Å². The average Bonchev–Trinajstić information content (AvgIpc) is 2.45. The molecule has 112 valence electrons. The maximum absolute atomic E-state index is 12.2. The molecule has 0 saturated heterocycles. The van der Waals surface area contributed by atoms with Crippen molar-refractivity contribution in [1.82, 2.24) is 0 Å². The number of amides is 1. The third kappa shape index (κ3) is 4.16. The van der Waals surface area contributed by atoms with E-state index < -0.39 is 0 Å². The molecule has 2 rings (SSSR count). The zero-order chi connectivity index (χ0) is 16.1. The van der Waals surface area contributed by atoms with Gasteiger partial charge in [-0.3, -0.25) is 9.59 Å². The van der Waals surface area contributed by atoms with Gasteiger partial charge in [-0.25, -0.2) is 0 Å². The lowest BCUT2D eigenvalue weighted by atomic mass is 10.0. The van der Waals surface area contributed by atoms with E-state index >= 15 is 0 Å². The van der Waals surface area contributed by atoms with Crippen molar-refractivity contribution in [1.29, 1.82) is 0 Å². The van der Waals surface area contributed by atoms with Crippen LogP contribution in [-0.2, 0) is 4.79 Å². The summed E-state index contributed by atoms with van der Waals surface area (Å²) in [5.41, 5.74) is 4.53. The van der Waals surface area contributed by atoms with Gasteiger partial charge in [0.05, 0.1) is 0 Å². The predicted molar refractivity (Wildman–Crippen MR) is 90.0 cm³/mol. The monoisotopic (exact) mass is 293 g/mol. The van der Waals surface area contributed by atoms with E-state index in [0.717, 1.165) is 11.1 Å². The molecular formula is C19H19NO2. The number of aryl methyl sites for hydroxylation is 2. The van der Waals surface area contributed by atoms with Crippen LogP contribution in [0, 0.1) is 13.8 Å². The molecular weight excluding hydrogens is 274 g/mol. The number of allylic oxidation sites excluding steroid dienone is 1. The summed E-state index contributed by atoms with van der Waals surface area (Å²) < 4.78 is 0. The molecule has 0 heterocycles. The summed E-state index contributed by atoms with van der Waals surface area (Å²) in [5.74, 6) is -0.248. The summed E-state index contributed by atoms with van der Waals surface area (Å²) in [7, 11) is 0. The normalized spacial score (nSPS) is 10.7. The maximum atomic E-state index is 12.2. The van der Waals surface area contributed by atoms with Crippen LogP contribution >= 0.6 is 0 Å². The lowest BCUT2D eigenvalue weighted by Gasteiger charge is -2.04. The van der Waals surface area contributed by atoms with Gasteiger partial charge in [0.1, 0.15) is 0 Å². The van der Waals surface area contributed by atoms with Gasteiger partial charge in [-0.2, -0.15) is 0 Å². The lowest BCUT2D eigenvalue weighted by Crippen LogP contribution is -2.06. The number of carbonyl (C=O) groups excluding carboxylic acids is 2. The van der Waals surface area contributed by atoms with E-state index in [4.69, 9.17) is 0 Å². The van der Waals surface area contributed by atoms with Crippen molar-refractivity contribution in [2.24, 2.45) is 0 Å². The molecule has 1 N–H and O–H groups in total. The van der Waals surface area contributed by atoms with Crippen LogP contribution in [0.25, 0.3) is 6.08 Å². The van der Waals surface area contributed by atoms with E-state index in [-0.39, 0.29) is 11.7 Å². The Morgan fingerprint density at radius 2 is 1.82 bits per heavy atom. The molecule has 0 fully saturated rings. The summed E-state index contributed by atoms with van der Waals surface area (Å²) >= 11 is 0. The minimum atomic E-state index is -0.157. The second-order valence-corrected chi connectivity index (χ2v) is 5.32. The first-order chi connectivity index (χ1) is 10.5. The molecule has 0 aromatic heterocycles. The number of anilines is 1. The highest BCUT2D eigenvalue weighted by Gasteiger charge is 2.04. The Balaban J connectivity index is 2.18. The Hall–Kier alpha value is -2.68. The Kier molecular flexibility index (Phi) is 4.89. The van der Waals surface area contributed by atoms with Crippen molar-refractivity contribution in [2.75, 3.05) is 5.32 Å². The molecule has 3 heteroatoms. The third-order valence-corrected chi connectivity index (χ3v) is 3.31. The van der Waals surface area contributed by atoms with E-state index in [0.29, 0.717) is 11.3 Å². The van der Waals surface area contributed by atoms with E-state index in [9.17, 15) is 9.59 Å². The first-order valence-corrected chi connectivity index (χ1v) is 7.13. The molecule has 0 saturated carbocycles. The topological polar surface area (TPSA) is 46.2 Å². The second kappa shape index (κ2) is 6.85. The molecule has 0 atom stereocenters. The molecule has 0 unspecified atom stereocenters. The molecule has 2 aromatic rings. The number of hydrogen-bond acceptors (Lipinski definition) is 2. The van der Waals surface area contributed by atoms with Gasteiger partial charge in [0.2, 0.25) is 5.91 Å². The van der Waals surface area contributed by atoms with Crippen LogP contribution in [0.5, 0.6) is 0 Å². The van der Waals surface area contributed by atoms with Crippen LogP contribution in [0.1, 0.15) is 34.0 Å². The summed E-state index contributed by atoms with van der Waals surface area (Å²) in [5, 5.41) is 2.67. The molecule has 0 aliphatic rings. The van der Waals surface area contributed by atoms with Crippen molar-refractivity contribution in [3.8, 4) is 0 Å². The predicted octanol–water partition coefficient (Wildman–Crippen LogP) is 4.16. The highest BCUT2D eigenvalue weighted by Crippen LogP contribution is 2.15. The quantitative estimate of drug-likeness (QED) is 0.679. The molecule has 0 spiro atoms. The Bertz CT molecular complexity index is 745. The summed E-state index contributed by atoms with van der Waals surface area (Å²) in [6.45, 7) is 5.50. The largest absolute Gasteiger partial charge is 0.326 e. The Morgan fingerprint density at radius 1 is 1.05 bits per heavy atom. The van der Waals surface area contributed by atoms with Crippen LogP contribution in [0.15, 0.2) is 48.5 Å². The van der Waals surface area contributed by atoms with Crippen molar-refractivity contribution < 1.29 is 9.59 Å². The van der Waals surface area contributed by atoms with Crippen molar-refractivity contribution in [3.05, 3.63) is 70.8 Å². The van der Waals surface area contributed by atoms with Crippen LogP contribution in [-0.4, -0.2) is 11.7 Å². The maximum Gasteiger partial charge on any atom is 0.221 e.